The van der Waals surface area contributed by atoms with Crippen LogP contribution in [0.2, 0.25) is 0 Å². The number of rotatable bonds is 3. The molecule has 2 aromatic rings. The van der Waals surface area contributed by atoms with Gasteiger partial charge >= 0.3 is 0 Å². The minimum Gasteiger partial charge on any atom is -0.475 e. The first-order valence-electron chi connectivity index (χ1n) is 10.9. The van der Waals surface area contributed by atoms with E-state index >= 15 is 0 Å². The molecule has 1 saturated heterocycles. The average molecular weight is 382 g/mol. The Morgan fingerprint density at radius 1 is 1.07 bits per heavy atom. The molecule has 1 saturated carbocycles. The fourth-order valence-corrected chi connectivity index (χ4v) is 5.03. The summed E-state index contributed by atoms with van der Waals surface area (Å²) < 4.78 is 11.8. The lowest BCUT2D eigenvalue weighted by Gasteiger charge is -2.36. The summed E-state index contributed by atoms with van der Waals surface area (Å²) >= 11 is 0. The van der Waals surface area contributed by atoms with Crippen molar-refractivity contribution >= 4 is 10.9 Å². The molecule has 150 valence electrons. The van der Waals surface area contributed by atoms with E-state index in [0.717, 1.165) is 50.7 Å². The van der Waals surface area contributed by atoms with Crippen molar-refractivity contribution in [2.24, 2.45) is 0 Å². The third-order valence-electron chi connectivity index (χ3n) is 6.60. The van der Waals surface area contributed by atoms with Crippen LogP contribution < -0.4 is 4.74 Å². The Morgan fingerprint density at radius 2 is 1.89 bits per heavy atom. The number of morpholine rings is 1. The normalized spacial score (nSPS) is 22.6. The second-order valence-electron chi connectivity index (χ2n) is 8.48. The van der Waals surface area contributed by atoms with Crippen LogP contribution >= 0.6 is 0 Å². The summed E-state index contributed by atoms with van der Waals surface area (Å²) in [6.45, 7) is 6.32. The molecule has 5 nitrogen and oxygen atoms in total. The van der Waals surface area contributed by atoms with E-state index in [9.17, 15) is 0 Å². The highest BCUT2D eigenvalue weighted by Crippen LogP contribution is 2.37. The Hall–Kier alpha value is -1.69. The fourth-order valence-electron chi connectivity index (χ4n) is 5.03. The van der Waals surface area contributed by atoms with E-state index in [1.54, 1.807) is 0 Å². The maximum Gasteiger partial charge on any atom is 0.152 e. The first-order valence-corrected chi connectivity index (χ1v) is 10.9. The Labute approximate surface area is 167 Å². The molecule has 2 aliphatic heterocycles. The predicted octanol–water partition coefficient (Wildman–Crippen LogP) is 3.94. The van der Waals surface area contributed by atoms with Gasteiger partial charge in [0.25, 0.3) is 0 Å². The molecule has 2 fully saturated rings. The van der Waals surface area contributed by atoms with Crippen molar-refractivity contribution in [2.45, 2.75) is 57.7 Å². The predicted molar refractivity (Wildman–Crippen MR) is 110 cm³/mol. The number of hydrogen-bond donors (Lipinski definition) is 0. The SMILES string of the molecule is c1cnc2c3c(cc(CN4CCOCC4)c2c1)CN(C1CCCCCC1)CO3. The van der Waals surface area contributed by atoms with Crippen molar-refractivity contribution in [1.82, 2.24) is 14.8 Å². The molecule has 28 heavy (non-hydrogen) atoms. The summed E-state index contributed by atoms with van der Waals surface area (Å²) in [4.78, 5) is 9.76. The van der Waals surface area contributed by atoms with Crippen molar-refractivity contribution in [3.8, 4) is 5.75 Å². The average Bonchev–Trinajstić information content (AvgIpc) is 3.04. The molecule has 0 spiro atoms. The van der Waals surface area contributed by atoms with Gasteiger partial charge in [-0.2, -0.15) is 0 Å². The Bertz CT molecular complexity index is 811. The van der Waals surface area contributed by atoms with Gasteiger partial charge in [0.15, 0.2) is 5.75 Å². The molecule has 1 aromatic heterocycles. The van der Waals surface area contributed by atoms with Crippen LogP contribution in [-0.2, 0) is 17.8 Å². The van der Waals surface area contributed by atoms with Crippen molar-refractivity contribution in [2.75, 3.05) is 33.0 Å². The third kappa shape index (κ3) is 3.76. The molecule has 1 aromatic carbocycles. The lowest BCUT2D eigenvalue weighted by atomic mass is 9.99. The maximum atomic E-state index is 6.32. The molecule has 0 atom stereocenters. The van der Waals surface area contributed by atoms with Crippen LogP contribution in [0.3, 0.4) is 0 Å². The van der Waals surface area contributed by atoms with Gasteiger partial charge in [-0.25, -0.2) is 0 Å². The van der Waals surface area contributed by atoms with Crippen LogP contribution in [0.5, 0.6) is 5.75 Å². The number of pyridine rings is 1. The smallest absolute Gasteiger partial charge is 0.152 e. The number of fused-ring (bicyclic) bond motifs is 3. The molecular formula is C23H31N3O2. The fraction of sp³-hybridized carbons (Fsp3) is 0.609. The van der Waals surface area contributed by atoms with E-state index in [1.807, 2.05) is 12.3 Å². The zero-order valence-corrected chi connectivity index (χ0v) is 16.7. The highest BCUT2D eigenvalue weighted by Gasteiger charge is 2.28. The van der Waals surface area contributed by atoms with E-state index in [-0.39, 0.29) is 0 Å². The first kappa shape index (κ1) is 18.3. The molecule has 0 N–H and O–H groups in total. The van der Waals surface area contributed by atoms with Gasteiger partial charge in [-0.1, -0.05) is 31.7 Å². The minimum atomic E-state index is 0.665. The van der Waals surface area contributed by atoms with Crippen LogP contribution in [0.4, 0.5) is 0 Å². The lowest BCUT2D eigenvalue weighted by Crippen LogP contribution is -2.40. The Morgan fingerprint density at radius 3 is 2.71 bits per heavy atom. The second-order valence-corrected chi connectivity index (χ2v) is 8.48. The highest BCUT2D eigenvalue weighted by atomic mass is 16.5. The molecule has 3 heterocycles. The summed E-state index contributed by atoms with van der Waals surface area (Å²) in [5, 5.41) is 1.23. The Kier molecular flexibility index (Phi) is 5.47. The number of aromatic nitrogens is 1. The van der Waals surface area contributed by atoms with Crippen LogP contribution in [0, 0.1) is 0 Å². The molecule has 5 rings (SSSR count). The molecule has 3 aliphatic rings. The first-order chi connectivity index (χ1) is 13.9. The number of ether oxygens (including phenoxy) is 2. The molecular weight excluding hydrogens is 350 g/mol. The van der Waals surface area contributed by atoms with Gasteiger partial charge in [0, 0.05) is 49.4 Å². The third-order valence-corrected chi connectivity index (χ3v) is 6.60. The van der Waals surface area contributed by atoms with E-state index in [0.29, 0.717) is 12.8 Å². The van der Waals surface area contributed by atoms with E-state index in [2.05, 4.69) is 21.9 Å². The molecule has 0 unspecified atom stereocenters. The van der Waals surface area contributed by atoms with Gasteiger partial charge < -0.3 is 9.47 Å². The van der Waals surface area contributed by atoms with Crippen molar-refractivity contribution in [1.29, 1.82) is 0 Å². The molecule has 0 radical (unpaired) electrons. The summed E-state index contributed by atoms with van der Waals surface area (Å²) in [7, 11) is 0. The second kappa shape index (κ2) is 8.36. The summed E-state index contributed by atoms with van der Waals surface area (Å²) in [5.74, 6) is 1.01. The van der Waals surface area contributed by atoms with Crippen LogP contribution in [0.15, 0.2) is 24.4 Å². The number of nitrogens with zero attached hydrogens (tertiary/aromatic N) is 3. The minimum absolute atomic E-state index is 0.665. The van der Waals surface area contributed by atoms with Gasteiger partial charge in [0.1, 0.15) is 12.2 Å². The topological polar surface area (TPSA) is 37.8 Å². The van der Waals surface area contributed by atoms with Gasteiger partial charge in [-0.15, -0.1) is 0 Å². The quantitative estimate of drug-likeness (QED) is 0.753. The molecule has 5 heteroatoms. The van der Waals surface area contributed by atoms with Crippen LogP contribution in [-0.4, -0.2) is 53.9 Å². The molecule has 0 amide bonds. The van der Waals surface area contributed by atoms with Gasteiger partial charge in [0.05, 0.1) is 13.2 Å². The summed E-state index contributed by atoms with van der Waals surface area (Å²) in [6, 6.07) is 7.28. The molecule has 1 aliphatic carbocycles. The monoisotopic (exact) mass is 381 g/mol. The van der Waals surface area contributed by atoms with Crippen LogP contribution in [0.1, 0.15) is 49.7 Å². The summed E-state index contributed by atoms with van der Waals surface area (Å²) in [5.41, 5.74) is 3.71. The van der Waals surface area contributed by atoms with Crippen molar-refractivity contribution in [3.63, 3.8) is 0 Å². The van der Waals surface area contributed by atoms with E-state index < -0.39 is 0 Å². The maximum absolute atomic E-state index is 6.32. The zero-order chi connectivity index (χ0) is 18.8. The largest absolute Gasteiger partial charge is 0.475 e. The highest BCUT2D eigenvalue weighted by molar-refractivity contribution is 5.89. The zero-order valence-electron chi connectivity index (χ0n) is 16.7. The standard InChI is InChI=1S/C23H31N3O2/c1-2-4-7-20(6-3-1)26-16-19-14-18(15-25-10-12-27-13-11-25)21-8-5-9-24-22(21)23(19)28-17-26/h5,8-9,14,20H,1-4,6-7,10-13,15-17H2. The summed E-state index contributed by atoms with van der Waals surface area (Å²) in [6.07, 6.45) is 10.0. The van der Waals surface area contributed by atoms with Gasteiger partial charge in [-0.3, -0.25) is 14.8 Å². The van der Waals surface area contributed by atoms with Gasteiger partial charge in [-0.05, 0) is 30.5 Å². The van der Waals surface area contributed by atoms with E-state index in [4.69, 9.17) is 14.5 Å². The van der Waals surface area contributed by atoms with Gasteiger partial charge in [0.2, 0.25) is 0 Å². The number of hydrogen-bond acceptors (Lipinski definition) is 5. The number of benzene rings is 1. The Balaban J connectivity index is 1.45. The van der Waals surface area contributed by atoms with Crippen LogP contribution in [0.25, 0.3) is 10.9 Å². The lowest BCUT2D eigenvalue weighted by molar-refractivity contribution is 0.0341. The van der Waals surface area contributed by atoms with Crippen molar-refractivity contribution < 1.29 is 9.47 Å². The molecule has 0 bridgehead atoms. The van der Waals surface area contributed by atoms with Crippen molar-refractivity contribution in [3.05, 3.63) is 35.5 Å². The van der Waals surface area contributed by atoms with E-state index in [1.165, 1.54) is 55.0 Å².